The quantitative estimate of drug-likeness (QED) is 0.582. The van der Waals surface area contributed by atoms with Gasteiger partial charge in [0.25, 0.3) is 0 Å². The maximum atomic E-state index is 13.1. The summed E-state index contributed by atoms with van der Waals surface area (Å²) in [4.78, 5) is 13.1. The van der Waals surface area contributed by atoms with E-state index in [4.69, 9.17) is 4.74 Å². The van der Waals surface area contributed by atoms with E-state index in [0.29, 0.717) is 25.1 Å². The number of hydrogen-bond acceptors (Lipinski definition) is 6. The molecule has 1 N–H and O–H groups in total. The second-order valence-corrected chi connectivity index (χ2v) is 12.6. The second-order valence-electron chi connectivity index (χ2n) is 8.48. The van der Waals surface area contributed by atoms with Crippen LogP contribution in [0.15, 0.2) is 52.3 Å². The number of amides is 1. The van der Waals surface area contributed by atoms with Crippen LogP contribution in [0.1, 0.15) is 24.0 Å². The molecule has 11 heteroatoms. The van der Waals surface area contributed by atoms with Gasteiger partial charge in [0, 0.05) is 33.7 Å². The number of rotatable bonds is 8. The van der Waals surface area contributed by atoms with Crippen LogP contribution in [0.2, 0.25) is 0 Å². The van der Waals surface area contributed by atoms with Crippen LogP contribution < -0.4 is 10.1 Å². The molecule has 0 saturated carbocycles. The van der Waals surface area contributed by atoms with E-state index in [1.165, 1.54) is 43.7 Å². The van der Waals surface area contributed by atoms with Crippen LogP contribution >= 0.6 is 0 Å². The third kappa shape index (κ3) is 5.60. The van der Waals surface area contributed by atoms with Crippen molar-refractivity contribution in [1.29, 1.82) is 0 Å². The summed E-state index contributed by atoms with van der Waals surface area (Å²) in [6.07, 6.45) is 1.18. The van der Waals surface area contributed by atoms with Crippen molar-refractivity contribution in [2.45, 2.75) is 36.1 Å². The van der Waals surface area contributed by atoms with Gasteiger partial charge in [-0.2, -0.15) is 4.31 Å². The van der Waals surface area contributed by atoms with Crippen molar-refractivity contribution in [2.24, 2.45) is 5.92 Å². The van der Waals surface area contributed by atoms with E-state index >= 15 is 0 Å². The number of carbonyl (C=O) groups excluding carboxylic acids is 1. The van der Waals surface area contributed by atoms with E-state index in [2.05, 4.69) is 5.32 Å². The standard InChI is InChI=1S/C23H31N3O6S2/c1-17-14-21(11-12-22(17)32-4)34(30,31)26-13-5-6-19(16-26)23(27)24-15-18-7-9-20(10-8-18)33(28,29)25(2)3/h7-12,14,19H,5-6,13,15-16H2,1-4H3,(H,24,27)/t19-/m0/s1. The first-order chi connectivity index (χ1) is 16.0. The van der Waals surface area contributed by atoms with Crippen molar-refractivity contribution in [1.82, 2.24) is 13.9 Å². The van der Waals surface area contributed by atoms with Crippen LogP contribution in [-0.4, -0.2) is 65.6 Å². The summed E-state index contributed by atoms with van der Waals surface area (Å²) in [5, 5.41) is 2.85. The third-order valence-electron chi connectivity index (χ3n) is 5.93. The molecule has 2 aromatic carbocycles. The van der Waals surface area contributed by atoms with Crippen LogP contribution in [0.4, 0.5) is 0 Å². The fourth-order valence-corrected chi connectivity index (χ4v) is 6.37. The van der Waals surface area contributed by atoms with E-state index < -0.39 is 26.0 Å². The molecule has 0 bridgehead atoms. The number of benzene rings is 2. The number of hydrogen-bond donors (Lipinski definition) is 1. The van der Waals surface area contributed by atoms with Crippen LogP contribution in [0.25, 0.3) is 0 Å². The molecule has 3 rings (SSSR count). The lowest BCUT2D eigenvalue weighted by Crippen LogP contribution is -2.45. The molecule has 186 valence electrons. The Hall–Kier alpha value is -2.47. The van der Waals surface area contributed by atoms with Gasteiger partial charge in [-0.15, -0.1) is 0 Å². The van der Waals surface area contributed by atoms with Crippen molar-refractivity contribution >= 4 is 26.0 Å². The summed E-state index contributed by atoms with van der Waals surface area (Å²) in [7, 11) is -2.78. The Morgan fingerprint density at radius 1 is 1.09 bits per heavy atom. The summed E-state index contributed by atoms with van der Waals surface area (Å²) in [5.74, 6) is -0.0748. The minimum atomic E-state index is -3.73. The van der Waals surface area contributed by atoms with E-state index in [0.717, 1.165) is 15.4 Å². The maximum absolute atomic E-state index is 13.1. The molecule has 1 fully saturated rings. The molecular weight excluding hydrogens is 478 g/mol. The Balaban J connectivity index is 1.64. The minimum Gasteiger partial charge on any atom is -0.496 e. The second kappa shape index (κ2) is 10.4. The summed E-state index contributed by atoms with van der Waals surface area (Å²) >= 11 is 0. The molecule has 0 aliphatic carbocycles. The van der Waals surface area contributed by atoms with Crippen LogP contribution in [0, 0.1) is 12.8 Å². The Morgan fingerprint density at radius 3 is 2.32 bits per heavy atom. The zero-order valence-electron chi connectivity index (χ0n) is 19.8. The lowest BCUT2D eigenvalue weighted by atomic mass is 9.99. The molecule has 1 amide bonds. The predicted octanol–water partition coefficient (Wildman–Crippen LogP) is 1.97. The van der Waals surface area contributed by atoms with Gasteiger partial charge in [-0.1, -0.05) is 12.1 Å². The monoisotopic (exact) mass is 509 g/mol. The largest absolute Gasteiger partial charge is 0.496 e. The fourth-order valence-electron chi connectivity index (χ4n) is 3.86. The smallest absolute Gasteiger partial charge is 0.243 e. The summed E-state index contributed by atoms with van der Waals surface area (Å²) < 4.78 is 58.4. The zero-order chi connectivity index (χ0) is 25.1. The first-order valence-electron chi connectivity index (χ1n) is 10.9. The molecule has 1 heterocycles. The van der Waals surface area contributed by atoms with Crippen LogP contribution in [-0.2, 0) is 31.4 Å². The Labute approximate surface area is 201 Å². The first-order valence-corrected chi connectivity index (χ1v) is 13.8. The van der Waals surface area contributed by atoms with Crippen molar-refractivity contribution in [3.8, 4) is 5.75 Å². The molecule has 1 saturated heterocycles. The van der Waals surface area contributed by atoms with E-state index in [-0.39, 0.29) is 28.8 Å². The Bertz CT molecular complexity index is 1240. The predicted molar refractivity (Wildman–Crippen MR) is 128 cm³/mol. The molecule has 1 aliphatic rings. The van der Waals surface area contributed by atoms with Crippen LogP contribution in [0.5, 0.6) is 5.75 Å². The molecule has 9 nitrogen and oxygen atoms in total. The Morgan fingerprint density at radius 2 is 1.74 bits per heavy atom. The lowest BCUT2D eigenvalue weighted by molar-refractivity contribution is -0.126. The average Bonchev–Trinajstić information content (AvgIpc) is 2.82. The first kappa shape index (κ1) is 26.1. The number of ether oxygens (including phenoxy) is 1. The third-order valence-corrected chi connectivity index (χ3v) is 9.62. The molecule has 0 unspecified atom stereocenters. The van der Waals surface area contributed by atoms with Crippen molar-refractivity contribution in [3.63, 3.8) is 0 Å². The molecule has 2 aromatic rings. The van der Waals surface area contributed by atoms with Gasteiger partial charge in [0.2, 0.25) is 26.0 Å². The Kier molecular flexibility index (Phi) is 8.02. The topological polar surface area (TPSA) is 113 Å². The van der Waals surface area contributed by atoms with Gasteiger partial charge in [-0.3, -0.25) is 4.79 Å². The number of nitrogens with zero attached hydrogens (tertiary/aromatic N) is 2. The highest BCUT2D eigenvalue weighted by Gasteiger charge is 2.33. The molecule has 0 spiro atoms. The molecule has 0 aromatic heterocycles. The van der Waals surface area contributed by atoms with E-state index in [1.807, 2.05) is 0 Å². The molecule has 0 radical (unpaired) electrons. The van der Waals surface area contributed by atoms with Crippen LogP contribution in [0.3, 0.4) is 0 Å². The zero-order valence-corrected chi connectivity index (χ0v) is 21.4. The van der Waals surface area contributed by atoms with Gasteiger partial charge in [0.05, 0.1) is 22.8 Å². The van der Waals surface area contributed by atoms with Gasteiger partial charge in [-0.25, -0.2) is 21.1 Å². The van der Waals surface area contributed by atoms with Gasteiger partial charge < -0.3 is 10.1 Å². The molecule has 1 atom stereocenters. The molecule has 34 heavy (non-hydrogen) atoms. The SMILES string of the molecule is COc1ccc(S(=O)(=O)N2CCC[C@H](C(=O)NCc3ccc(S(=O)(=O)N(C)C)cc3)C2)cc1C. The van der Waals surface area contributed by atoms with Gasteiger partial charge in [0.1, 0.15) is 5.75 Å². The van der Waals surface area contributed by atoms with Gasteiger partial charge in [-0.05, 0) is 61.2 Å². The molecule has 1 aliphatic heterocycles. The van der Waals surface area contributed by atoms with Crippen molar-refractivity contribution < 1.29 is 26.4 Å². The fraction of sp³-hybridized carbons (Fsp3) is 0.435. The number of sulfonamides is 2. The van der Waals surface area contributed by atoms with Gasteiger partial charge in [0.15, 0.2) is 0 Å². The summed E-state index contributed by atoms with van der Waals surface area (Å²) in [5.41, 5.74) is 1.47. The highest BCUT2D eigenvalue weighted by molar-refractivity contribution is 7.89. The maximum Gasteiger partial charge on any atom is 0.243 e. The van der Waals surface area contributed by atoms with Crippen molar-refractivity contribution in [3.05, 3.63) is 53.6 Å². The number of carbonyl (C=O) groups is 1. The summed E-state index contributed by atoms with van der Waals surface area (Å²) in [6.45, 7) is 2.48. The normalized spacial score (nSPS) is 17.5. The van der Waals surface area contributed by atoms with E-state index in [1.54, 1.807) is 31.2 Å². The number of methoxy groups -OCH3 is 1. The lowest BCUT2D eigenvalue weighted by Gasteiger charge is -2.31. The highest BCUT2D eigenvalue weighted by atomic mass is 32.2. The van der Waals surface area contributed by atoms with E-state index in [9.17, 15) is 21.6 Å². The number of aryl methyl sites for hydroxylation is 1. The highest BCUT2D eigenvalue weighted by Crippen LogP contribution is 2.27. The number of nitrogens with one attached hydrogen (secondary N) is 1. The molecular formula is C23H31N3O6S2. The average molecular weight is 510 g/mol. The summed E-state index contributed by atoms with van der Waals surface area (Å²) in [6, 6.07) is 11.0. The number of piperidine rings is 1. The van der Waals surface area contributed by atoms with Crippen molar-refractivity contribution in [2.75, 3.05) is 34.3 Å². The minimum absolute atomic E-state index is 0.110. The van der Waals surface area contributed by atoms with Gasteiger partial charge >= 0.3 is 0 Å².